The molecule has 0 fully saturated rings. The van der Waals surface area contributed by atoms with Gasteiger partial charge in [0, 0.05) is 53.9 Å². The van der Waals surface area contributed by atoms with Gasteiger partial charge in [0.2, 0.25) is 0 Å². The van der Waals surface area contributed by atoms with E-state index in [0.29, 0.717) is 17.0 Å². The zero-order valence-electron chi connectivity index (χ0n) is 22.9. The first-order valence-electron chi connectivity index (χ1n) is 12.7. The number of nitro benzene ring substituents is 1. The van der Waals surface area contributed by atoms with Crippen LogP contribution in [0.2, 0.25) is 0 Å². The topological polar surface area (TPSA) is 138 Å². The van der Waals surface area contributed by atoms with Crippen LogP contribution >= 0.6 is 0 Å². The maximum Gasteiger partial charge on any atom is 0.271 e. The molecule has 0 heterocycles. The van der Waals surface area contributed by atoms with Gasteiger partial charge in [-0.3, -0.25) is 19.7 Å². The molecule has 2 N–H and O–H groups in total. The molecule has 3 aromatic rings. The quantitative estimate of drug-likeness (QED) is 0.139. The summed E-state index contributed by atoms with van der Waals surface area (Å²) in [5, 5.41) is 26.2. The van der Waals surface area contributed by atoms with Gasteiger partial charge in [-0.2, -0.15) is 5.26 Å². The van der Waals surface area contributed by atoms with Gasteiger partial charge in [0.1, 0.15) is 17.4 Å². The zero-order valence-corrected chi connectivity index (χ0v) is 22.9. The molecule has 0 atom stereocenters. The Labute approximate surface area is 233 Å². The fourth-order valence-electron chi connectivity index (χ4n) is 3.97. The molecule has 0 aliphatic carbocycles. The summed E-state index contributed by atoms with van der Waals surface area (Å²) in [6.45, 7) is 8.91. The third kappa shape index (κ3) is 7.45. The number of nitriles is 1. The van der Waals surface area contributed by atoms with Crippen molar-refractivity contribution >= 4 is 40.6 Å². The van der Waals surface area contributed by atoms with Crippen molar-refractivity contribution in [2.24, 2.45) is 0 Å². The lowest BCUT2D eigenvalue weighted by Crippen LogP contribution is -2.23. The molecule has 3 rings (SSSR count). The van der Waals surface area contributed by atoms with E-state index in [-0.39, 0.29) is 16.9 Å². The fourth-order valence-corrected chi connectivity index (χ4v) is 3.97. The van der Waals surface area contributed by atoms with E-state index < -0.39 is 23.3 Å². The van der Waals surface area contributed by atoms with Gasteiger partial charge in [-0.1, -0.05) is 18.2 Å². The Morgan fingerprint density at radius 1 is 1.05 bits per heavy atom. The predicted molar refractivity (Wildman–Crippen MR) is 155 cm³/mol. The average molecular weight is 542 g/mol. The van der Waals surface area contributed by atoms with Crippen LogP contribution in [0.25, 0.3) is 6.08 Å². The van der Waals surface area contributed by atoms with Crippen molar-refractivity contribution < 1.29 is 19.2 Å². The second-order valence-corrected chi connectivity index (χ2v) is 8.91. The van der Waals surface area contributed by atoms with Crippen LogP contribution in [-0.4, -0.2) is 36.4 Å². The van der Waals surface area contributed by atoms with E-state index in [1.54, 1.807) is 18.2 Å². The molecule has 0 saturated carbocycles. The van der Waals surface area contributed by atoms with Gasteiger partial charge in [-0.25, -0.2) is 0 Å². The van der Waals surface area contributed by atoms with Crippen molar-refractivity contribution in [1.29, 1.82) is 5.26 Å². The summed E-state index contributed by atoms with van der Waals surface area (Å²) < 4.78 is 5.85. The fraction of sp³-hybridized carbons (Fsp3) is 0.233. The minimum Gasteiger partial charge on any atom is -0.483 e. The molecule has 0 aliphatic rings. The second kappa shape index (κ2) is 13.6. The Balaban J connectivity index is 1.87. The average Bonchev–Trinajstić information content (AvgIpc) is 2.94. The van der Waals surface area contributed by atoms with Gasteiger partial charge in [0.05, 0.1) is 4.92 Å². The van der Waals surface area contributed by atoms with Crippen molar-refractivity contribution in [3.05, 3.63) is 93.0 Å². The number of rotatable bonds is 11. The van der Waals surface area contributed by atoms with Crippen LogP contribution < -0.4 is 20.3 Å². The summed E-state index contributed by atoms with van der Waals surface area (Å²) in [5.74, 6) is -0.805. The monoisotopic (exact) mass is 541 g/mol. The Morgan fingerprint density at radius 3 is 2.45 bits per heavy atom. The number of amides is 2. The number of aryl methyl sites for hydroxylation is 1. The summed E-state index contributed by atoms with van der Waals surface area (Å²) in [7, 11) is 0. The van der Waals surface area contributed by atoms with Crippen LogP contribution in [0.5, 0.6) is 5.75 Å². The normalized spacial score (nSPS) is 10.8. The van der Waals surface area contributed by atoms with Crippen molar-refractivity contribution in [3.63, 3.8) is 0 Å². The molecule has 40 heavy (non-hydrogen) atoms. The Hall–Kier alpha value is -5.17. The smallest absolute Gasteiger partial charge is 0.271 e. The highest BCUT2D eigenvalue weighted by Crippen LogP contribution is 2.29. The number of nitrogens with one attached hydrogen (secondary N) is 2. The first-order chi connectivity index (χ1) is 19.2. The van der Waals surface area contributed by atoms with Crippen LogP contribution in [0, 0.1) is 35.3 Å². The lowest BCUT2D eigenvalue weighted by Gasteiger charge is -2.22. The Kier molecular flexibility index (Phi) is 9.97. The standard InChI is InChI=1S/C30H31N5O5/c1-5-34(6-2)25-14-13-22(15-23(18-31)30(37)33-27-12-7-9-20(3)21(27)4)28(17-25)40-19-29(36)32-24-10-8-11-26(16-24)35(38)39/h7-17H,5-6,19H2,1-4H3,(H,32,36)(H,33,37)/b23-15+. The van der Waals surface area contributed by atoms with Gasteiger partial charge >= 0.3 is 0 Å². The number of ether oxygens (including phenoxy) is 1. The van der Waals surface area contributed by atoms with E-state index in [0.717, 1.165) is 29.9 Å². The van der Waals surface area contributed by atoms with Crippen molar-refractivity contribution in [2.75, 3.05) is 35.2 Å². The molecule has 206 valence electrons. The molecule has 3 aromatic carbocycles. The summed E-state index contributed by atoms with van der Waals surface area (Å²) in [6.07, 6.45) is 1.42. The van der Waals surface area contributed by atoms with Gasteiger partial charge in [-0.05, 0) is 69.2 Å². The maximum absolute atomic E-state index is 13.0. The minimum atomic E-state index is -0.571. The second-order valence-electron chi connectivity index (χ2n) is 8.91. The van der Waals surface area contributed by atoms with Gasteiger partial charge < -0.3 is 20.3 Å². The number of nitro groups is 1. The van der Waals surface area contributed by atoms with Crippen LogP contribution in [0.1, 0.15) is 30.5 Å². The SMILES string of the molecule is CCN(CC)c1ccc(/C=C(\C#N)C(=O)Nc2cccc(C)c2C)c(OCC(=O)Nc2cccc([N+](=O)[O-])c2)c1. The van der Waals surface area contributed by atoms with E-state index in [4.69, 9.17) is 4.74 Å². The molecule has 0 aliphatic heterocycles. The largest absolute Gasteiger partial charge is 0.483 e. The summed E-state index contributed by atoms with van der Waals surface area (Å²) in [5.41, 5.74) is 3.76. The number of nitrogens with zero attached hydrogens (tertiary/aromatic N) is 3. The molecule has 0 radical (unpaired) electrons. The molecular weight excluding hydrogens is 510 g/mol. The molecule has 10 nitrogen and oxygen atoms in total. The highest BCUT2D eigenvalue weighted by molar-refractivity contribution is 6.10. The highest BCUT2D eigenvalue weighted by atomic mass is 16.6. The molecular formula is C30H31N5O5. The Bertz CT molecular complexity index is 1490. The molecule has 0 aromatic heterocycles. The van der Waals surface area contributed by atoms with E-state index in [9.17, 15) is 25.0 Å². The molecule has 2 amide bonds. The Morgan fingerprint density at radius 2 is 1.77 bits per heavy atom. The minimum absolute atomic E-state index is 0.137. The molecule has 0 unspecified atom stereocenters. The van der Waals surface area contributed by atoms with Gasteiger partial charge in [0.25, 0.3) is 17.5 Å². The summed E-state index contributed by atoms with van der Waals surface area (Å²) in [4.78, 5) is 38.1. The number of benzene rings is 3. The molecule has 0 saturated heterocycles. The van der Waals surface area contributed by atoms with E-state index in [2.05, 4.69) is 15.5 Å². The van der Waals surface area contributed by atoms with Crippen molar-refractivity contribution in [2.45, 2.75) is 27.7 Å². The lowest BCUT2D eigenvalue weighted by molar-refractivity contribution is -0.384. The van der Waals surface area contributed by atoms with Crippen LogP contribution in [0.15, 0.2) is 66.2 Å². The van der Waals surface area contributed by atoms with Crippen LogP contribution in [-0.2, 0) is 9.59 Å². The lowest BCUT2D eigenvalue weighted by atomic mass is 10.1. The van der Waals surface area contributed by atoms with Crippen LogP contribution in [0.3, 0.4) is 0 Å². The van der Waals surface area contributed by atoms with Gasteiger partial charge in [0.15, 0.2) is 6.61 Å². The zero-order chi connectivity index (χ0) is 29.2. The number of carbonyl (C=O) groups is 2. The first kappa shape index (κ1) is 29.4. The summed E-state index contributed by atoms with van der Waals surface area (Å²) in [6, 6.07) is 18.4. The predicted octanol–water partition coefficient (Wildman–Crippen LogP) is 5.62. The third-order valence-corrected chi connectivity index (χ3v) is 6.34. The van der Waals surface area contributed by atoms with E-state index in [1.807, 2.05) is 52.0 Å². The van der Waals surface area contributed by atoms with Gasteiger partial charge in [-0.15, -0.1) is 0 Å². The number of anilines is 3. The maximum atomic E-state index is 13.0. The molecule has 0 spiro atoms. The van der Waals surface area contributed by atoms with E-state index >= 15 is 0 Å². The highest BCUT2D eigenvalue weighted by Gasteiger charge is 2.16. The summed E-state index contributed by atoms with van der Waals surface area (Å²) >= 11 is 0. The molecule has 0 bridgehead atoms. The van der Waals surface area contributed by atoms with Crippen molar-refractivity contribution in [3.8, 4) is 11.8 Å². The first-order valence-corrected chi connectivity index (χ1v) is 12.7. The van der Waals surface area contributed by atoms with Crippen LogP contribution in [0.4, 0.5) is 22.7 Å². The third-order valence-electron chi connectivity index (χ3n) is 6.34. The number of non-ortho nitro benzene ring substituents is 1. The molecule has 10 heteroatoms. The number of carbonyl (C=O) groups excluding carboxylic acids is 2. The number of hydrogen-bond donors (Lipinski definition) is 2. The van der Waals surface area contributed by atoms with E-state index in [1.165, 1.54) is 30.3 Å². The number of hydrogen-bond acceptors (Lipinski definition) is 7. The van der Waals surface area contributed by atoms with Crippen molar-refractivity contribution in [1.82, 2.24) is 0 Å².